The zero-order chi connectivity index (χ0) is 20.4. The molecule has 0 aromatic heterocycles. The van der Waals surface area contributed by atoms with E-state index in [1.54, 1.807) is 12.1 Å². The van der Waals surface area contributed by atoms with Gasteiger partial charge >= 0.3 is 29.6 Å². The molecule has 0 N–H and O–H groups in total. The molecule has 0 bridgehead atoms. The molecular weight excluding hydrogens is 391 g/mol. The molecule has 0 atom stereocenters. The first-order chi connectivity index (χ1) is 13.5. The van der Waals surface area contributed by atoms with Crippen LogP contribution in [0, 0.1) is 0 Å². The van der Waals surface area contributed by atoms with Crippen molar-refractivity contribution in [1.82, 2.24) is 0 Å². The SMILES string of the molecule is CCCCCCCc1ccc2c(CCCCCCC)cc(S(=O)(=O)[O-])cc2c1.[Na+]. The van der Waals surface area contributed by atoms with Crippen molar-refractivity contribution in [3.8, 4) is 0 Å². The average Bonchev–Trinajstić information content (AvgIpc) is 2.66. The van der Waals surface area contributed by atoms with Gasteiger partial charge in [-0.05, 0) is 59.7 Å². The summed E-state index contributed by atoms with van der Waals surface area (Å²) >= 11 is 0. The van der Waals surface area contributed by atoms with Gasteiger partial charge in [-0.15, -0.1) is 0 Å². The number of benzene rings is 2. The fourth-order valence-electron chi connectivity index (χ4n) is 3.83. The molecule has 0 aliphatic heterocycles. The third-order valence-corrected chi connectivity index (χ3v) is 6.30. The van der Waals surface area contributed by atoms with Crippen molar-refractivity contribution >= 4 is 20.9 Å². The molecule has 29 heavy (non-hydrogen) atoms. The molecule has 0 aliphatic rings. The van der Waals surface area contributed by atoms with Crippen molar-refractivity contribution in [2.75, 3.05) is 0 Å². The zero-order valence-corrected chi connectivity index (χ0v) is 21.3. The predicted molar refractivity (Wildman–Crippen MR) is 117 cm³/mol. The van der Waals surface area contributed by atoms with E-state index in [1.165, 1.54) is 50.5 Å². The van der Waals surface area contributed by atoms with Crippen molar-refractivity contribution in [2.45, 2.75) is 95.8 Å². The van der Waals surface area contributed by atoms with E-state index >= 15 is 0 Å². The second-order valence-electron chi connectivity index (χ2n) is 7.92. The molecule has 0 saturated carbocycles. The first kappa shape index (κ1) is 26.6. The molecule has 2 rings (SSSR count). The predicted octanol–water partition coefficient (Wildman–Crippen LogP) is 3.77. The van der Waals surface area contributed by atoms with Crippen molar-refractivity contribution < 1.29 is 42.5 Å². The molecule has 3 nitrogen and oxygen atoms in total. The summed E-state index contributed by atoms with van der Waals surface area (Å²) in [6.07, 6.45) is 13.8. The first-order valence-electron chi connectivity index (χ1n) is 11.0. The molecule has 0 saturated heterocycles. The van der Waals surface area contributed by atoms with Gasteiger partial charge in [0, 0.05) is 0 Å². The molecule has 0 unspecified atom stereocenters. The maximum Gasteiger partial charge on any atom is 1.00 e. The Morgan fingerprint density at radius 3 is 1.93 bits per heavy atom. The molecule has 2 aromatic carbocycles. The van der Waals surface area contributed by atoms with Crippen molar-refractivity contribution in [1.29, 1.82) is 0 Å². The van der Waals surface area contributed by atoms with Crippen LogP contribution in [0.2, 0.25) is 0 Å². The van der Waals surface area contributed by atoms with Crippen LogP contribution in [0.1, 0.15) is 89.2 Å². The van der Waals surface area contributed by atoms with Gasteiger partial charge in [0.05, 0.1) is 4.90 Å². The van der Waals surface area contributed by atoms with E-state index in [-0.39, 0.29) is 34.5 Å². The molecule has 156 valence electrons. The summed E-state index contributed by atoms with van der Waals surface area (Å²) in [4.78, 5) is -0.0938. The van der Waals surface area contributed by atoms with Gasteiger partial charge in [-0.2, -0.15) is 0 Å². The summed E-state index contributed by atoms with van der Waals surface area (Å²) in [5.74, 6) is 0. The summed E-state index contributed by atoms with van der Waals surface area (Å²) in [5.41, 5.74) is 2.20. The van der Waals surface area contributed by atoms with Gasteiger partial charge < -0.3 is 4.55 Å². The summed E-state index contributed by atoms with van der Waals surface area (Å²) in [7, 11) is -4.45. The standard InChI is InChI=1S/C24H36O3S.Na/c1-3-5-7-9-11-13-20-15-16-24-21(14-12-10-8-6-4-2)18-23(28(25,26)27)19-22(24)17-20;/h15-19H,3-14H2,1-2H3,(H,25,26,27);/q;+1/p-1. The van der Waals surface area contributed by atoms with Gasteiger partial charge in [-0.3, -0.25) is 0 Å². The second-order valence-corrected chi connectivity index (χ2v) is 9.30. The summed E-state index contributed by atoms with van der Waals surface area (Å²) in [6, 6.07) is 9.49. The minimum Gasteiger partial charge on any atom is -0.744 e. The average molecular weight is 427 g/mol. The molecule has 2 aromatic rings. The Balaban J connectivity index is 0.00000420. The minimum atomic E-state index is -4.45. The van der Waals surface area contributed by atoms with E-state index in [2.05, 4.69) is 32.0 Å². The van der Waals surface area contributed by atoms with Gasteiger partial charge in [-0.1, -0.05) is 83.4 Å². The maximum atomic E-state index is 11.6. The van der Waals surface area contributed by atoms with E-state index in [1.807, 2.05) is 0 Å². The van der Waals surface area contributed by atoms with Crippen LogP contribution in [0.5, 0.6) is 0 Å². The van der Waals surface area contributed by atoms with Gasteiger partial charge in [0.2, 0.25) is 0 Å². The van der Waals surface area contributed by atoms with Gasteiger partial charge in [0.15, 0.2) is 0 Å². The van der Waals surface area contributed by atoms with Crippen LogP contribution in [0.4, 0.5) is 0 Å². The van der Waals surface area contributed by atoms with Crippen LogP contribution in [0.3, 0.4) is 0 Å². The second kappa shape index (κ2) is 13.8. The fraction of sp³-hybridized carbons (Fsp3) is 0.583. The van der Waals surface area contributed by atoms with Gasteiger partial charge in [0.25, 0.3) is 0 Å². The van der Waals surface area contributed by atoms with Crippen molar-refractivity contribution in [2.24, 2.45) is 0 Å². The largest absolute Gasteiger partial charge is 1.00 e. The Morgan fingerprint density at radius 1 is 0.759 bits per heavy atom. The number of fused-ring (bicyclic) bond motifs is 1. The summed E-state index contributed by atoms with van der Waals surface area (Å²) < 4.78 is 34.9. The third kappa shape index (κ3) is 9.10. The normalized spacial score (nSPS) is 11.6. The number of hydrogen-bond acceptors (Lipinski definition) is 3. The fourth-order valence-corrected chi connectivity index (χ4v) is 4.38. The van der Waals surface area contributed by atoms with E-state index in [4.69, 9.17) is 0 Å². The molecule has 0 aliphatic carbocycles. The van der Waals surface area contributed by atoms with Gasteiger partial charge in [0.1, 0.15) is 10.1 Å². The molecule has 0 amide bonds. The number of unbranched alkanes of at least 4 members (excludes halogenated alkanes) is 8. The van der Waals surface area contributed by atoms with E-state index in [9.17, 15) is 13.0 Å². The summed E-state index contributed by atoms with van der Waals surface area (Å²) in [6.45, 7) is 4.41. The zero-order valence-electron chi connectivity index (χ0n) is 18.5. The van der Waals surface area contributed by atoms with Crippen LogP contribution < -0.4 is 29.6 Å². The number of aryl methyl sites for hydroxylation is 2. The first-order valence-corrected chi connectivity index (χ1v) is 12.4. The van der Waals surface area contributed by atoms with Crippen LogP contribution in [0.15, 0.2) is 35.2 Å². The van der Waals surface area contributed by atoms with E-state index < -0.39 is 10.1 Å². The minimum absolute atomic E-state index is 0. The topological polar surface area (TPSA) is 57.2 Å². The number of rotatable bonds is 13. The van der Waals surface area contributed by atoms with Crippen molar-refractivity contribution in [3.63, 3.8) is 0 Å². The quantitative estimate of drug-likeness (QED) is 0.278. The molecule has 5 heteroatoms. The molecule has 0 fully saturated rings. The van der Waals surface area contributed by atoms with Crippen LogP contribution in [-0.2, 0) is 23.0 Å². The Bertz CT molecular complexity index is 847. The smallest absolute Gasteiger partial charge is 0.744 e. The monoisotopic (exact) mass is 426 g/mol. The molecule has 0 spiro atoms. The van der Waals surface area contributed by atoms with Crippen LogP contribution in [0.25, 0.3) is 10.8 Å². The van der Waals surface area contributed by atoms with Gasteiger partial charge in [-0.25, -0.2) is 8.42 Å². The molecule has 0 radical (unpaired) electrons. The Labute approximate surface area is 199 Å². The van der Waals surface area contributed by atoms with E-state index in [0.29, 0.717) is 0 Å². The Kier molecular flexibility index (Phi) is 12.7. The van der Waals surface area contributed by atoms with Crippen LogP contribution >= 0.6 is 0 Å². The Hall–Kier alpha value is -0.390. The molecular formula is C24H35NaO3S. The summed E-state index contributed by atoms with van der Waals surface area (Å²) in [5, 5.41) is 1.96. The third-order valence-electron chi connectivity index (χ3n) is 5.48. The maximum absolute atomic E-state index is 11.6. The van der Waals surface area contributed by atoms with Crippen LogP contribution in [-0.4, -0.2) is 13.0 Å². The van der Waals surface area contributed by atoms with E-state index in [0.717, 1.165) is 48.4 Å². The Morgan fingerprint density at radius 2 is 1.34 bits per heavy atom. The molecule has 0 heterocycles. The number of hydrogen-bond donors (Lipinski definition) is 0. The van der Waals surface area contributed by atoms with Crippen molar-refractivity contribution in [3.05, 3.63) is 41.5 Å².